The zero-order valence-electron chi connectivity index (χ0n) is 9.45. The summed E-state index contributed by atoms with van der Waals surface area (Å²) in [5.41, 5.74) is 0. The van der Waals surface area contributed by atoms with Crippen LogP contribution in [0.5, 0.6) is 0 Å². The van der Waals surface area contributed by atoms with E-state index < -0.39 is 12.1 Å². The number of halogens is 1. The first-order valence-electron chi connectivity index (χ1n) is 5.55. The first-order chi connectivity index (χ1) is 7.00. The number of rotatable bonds is 4. The molecule has 15 heavy (non-hydrogen) atoms. The van der Waals surface area contributed by atoms with Crippen LogP contribution in [0.15, 0.2) is 0 Å². The Morgan fingerprint density at radius 2 is 2.07 bits per heavy atom. The lowest BCUT2D eigenvalue weighted by Crippen LogP contribution is -2.36. The predicted octanol–water partition coefficient (Wildman–Crippen LogP) is 1.78. The summed E-state index contributed by atoms with van der Waals surface area (Å²) in [5.74, 6) is -0.961. The van der Waals surface area contributed by atoms with E-state index in [2.05, 4.69) is 4.90 Å². The highest BCUT2D eigenvalue weighted by molar-refractivity contribution is 5.67. The summed E-state index contributed by atoms with van der Waals surface area (Å²) in [6, 6.07) is 0. The number of likely N-dealkylation sites (tertiary alicyclic amines) is 1. The Hall–Kier alpha value is -0.640. The van der Waals surface area contributed by atoms with Gasteiger partial charge in [0, 0.05) is 5.92 Å². The Morgan fingerprint density at radius 3 is 2.47 bits per heavy atom. The maximum atomic E-state index is 13.3. The molecule has 1 rings (SSSR count). The van der Waals surface area contributed by atoms with Crippen molar-refractivity contribution in [1.29, 1.82) is 0 Å². The maximum absolute atomic E-state index is 13.3. The van der Waals surface area contributed by atoms with E-state index in [1.807, 2.05) is 7.05 Å². The lowest BCUT2D eigenvalue weighted by Gasteiger charge is -2.34. The maximum Gasteiger partial charge on any atom is 0.303 e. The molecule has 2 atom stereocenters. The fourth-order valence-electron chi connectivity index (χ4n) is 2.36. The number of alkyl halides is 1. The third-order valence-electron chi connectivity index (χ3n) is 3.37. The summed E-state index contributed by atoms with van der Waals surface area (Å²) < 4.78 is 13.3. The molecule has 0 aromatic rings. The first-order valence-corrected chi connectivity index (χ1v) is 5.55. The van der Waals surface area contributed by atoms with Crippen LogP contribution in [-0.2, 0) is 4.79 Å². The van der Waals surface area contributed by atoms with Crippen molar-refractivity contribution in [3.8, 4) is 0 Å². The average Bonchev–Trinajstić information content (AvgIpc) is 2.15. The predicted molar refractivity (Wildman–Crippen MR) is 56.5 cm³/mol. The highest BCUT2D eigenvalue weighted by Crippen LogP contribution is 2.30. The minimum Gasteiger partial charge on any atom is -0.481 e. The van der Waals surface area contributed by atoms with Crippen molar-refractivity contribution in [2.24, 2.45) is 11.8 Å². The van der Waals surface area contributed by atoms with Crippen LogP contribution in [-0.4, -0.2) is 42.3 Å². The second-order valence-corrected chi connectivity index (χ2v) is 4.58. The molecule has 0 aromatic carbocycles. The zero-order chi connectivity index (χ0) is 11.4. The monoisotopic (exact) mass is 217 g/mol. The van der Waals surface area contributed by atoms with Gasteiger partial charge < -0.3 is 10.0 Å². The topological polar surface area (TPSA) is 40.5 Å². The van der Waals surface area contributed by atoms with E-state index >= 15 is 0 Å². The number of aliphatic carboxylic acids is 1. The van der Waals surface area contributed by atoms with Crippen LogP contribution in [0.3, 0.4) is 0 Å². The van der Waals surface area contributed by atoms with Crippen molar-refractivity contribution in [3.63, 3.8) is 0 Å². The van der Waals surface area contributed by atoms with Gasteiger partial charge in [0.2, 0.25) is 0 Å². The molecule has 0 radical (unpaired) electrons. The molecule has 0 aromatic heterocycles. The number of hydrogen-bond acceptors (Lipinski definition) is 2. The van der Waals surface area contributed by atoms with Crippen molar-refractivity contribution < 1.29 is 14.3 Å². The van der Waals surface area contributed by atoms with Gasteiger partial charge in [0.25, 0.3) is 0 Å². The van der Waals surface area contributed by atoms with Crippen LogP contribution < -0.4 is 0 Å². The van der Waals surface area contributed by atoms with Crippen LogP contribution in [0.4, 0.5) is 4.39 Å². The lowest BCUT2D eigenvalue weighted by atomic mass is 9.80. The smallest absolute Gasteiger partial charge is 0.303 e. The van der Waals surface area contributed by atoms with Gasteiger partial charge in [-0.3, -0.25) is 4.79 Å². The molecule has 1 aliphatic heterocycles. The van der Waals surface area contributed by atoms with E-state index in [0.717, 1.165) is 25.9 Å². The van der Waals surface area contributed by atoms with E-state index in [0.29, 0.717) is 0 Å². The van der Waals surface area contributed by atoms with E-state index in [1.165, 1.54) is 6.92 Å². The number of carboxylic acids is 1. The zero-order valence-corrected chi connectivity index (χ0v) is 9.45. The molecule has 4 heteroatoms. The summed E-state index contributed by atoms with van der Waals surface area (Å²) in [6.07, 6.45) is 0.784. The summed E-state index contributed by atoms with van der Waals surface area (Å²) in [6.45, 7) is 3.38. The van der Waals surface area contributed by atoms with Crippen LogP contribution in [0.1, 0.15) is 26.2 Å². The molecule has 1 saturated heterocycles. The summed E-state index contributed by atoms with van der Waals surface area (Å²) in [7, 11) is 2.04. The van der Waals surface area contributed by atoms with E-state index in [1.54, 1.807) is 0 Å². The molecule has 88 valence electrons. The molecule has 0 bridgehead atoms. The number of piperidine rings is 1. The van der Waals surface area contributed by atoms with Crippen molar-refractivity contribution in [3.05, 3.63) is 0 Å². The fourth-order valence-corrected chi connectivity index (χ4v) is 2.36. The molecule has 1 N–H and O–H groups in total. The fraction of sp³-hybridized carbons (Fsp3) is 0.909. The third kappa shape index (κ3) is 3.78. The number of carboxylic acid groups (broad SMARTS) is 1. The molecule has 1 aliphatic rings. The quantitative estimate of drug-likeness (QED) is 0.780. The van der Waals surface area contributed by atoms with Crippen molar-refractivity contribution in [2.75, 3.05) is 20.1 Å². The van der Waals surface area contributed by atoms with Crippen LogP contribution in [0.2, 0.25) is 0 Å². The summed E-state index contributed by atoms with van der Waals surface area (Å²) >= 11 is 0. The Bertz CT molecular complexity index is 213. The van der Waals surface area contributed by atoms with E-state index in [-0.39, 0.29) is 18.3 Å². The van der Waals surface area contributed by atoms with Gasteiger partial charge in [-0.05, 0) is 45.8 Å². The SMILES string of the molecule is CC(F)C(CC(=O)O)C1CCN(C)CC1. The van der Waals surface area contributed by atoms with Gasteiger partial charge in [0.15, 0.2) is 0 Å². The van der Waals surface area contributed by atoms with Crippen LogP contribution in [0.25, 0.3) is 0 Å². The van der Waals surface area contributed by atoms with Gasteiger partial charge in [-0.25, -0.2) is 4.39 Å². The number of nitrogens with zero attached hydrogens (tertiary/aromatic N) is 1. The summed E-state index contributed by atoms with van der Waals surface area (Å²) in [5, 5.41) is 8.74. The van der Waals surface area contributed by atoms with Gasteiger partial charge >= 0.3 is 5.97 Å². The first kappa shape index (κ1) is 12.4. The lowest BCUT2D eigenvalue weighted by molar-refractivity contribution is -0.139. The highest BCUT2D eigenvalue weighted by atomic mass is 19.1. The van der Waals surface area contributed by atoms with Gasteiger partial charge in [0.1, 0.15) is 6.17 Å². The molecule has 3 nitrogen and oxygen atoms in total. The molecule has 0 aliphatic carbocycles. The molecule has 1 heterocycles. The van der Waals surface area contributed by atoms with E-state index in [4.69, 9.17) is 5.11 Å². The van der Waals surface area contributed by atoms with Gasteiger partial charge in [-0.15, -0.1) is 0 Å². The Balaban J connectivity index is 2.52. The Morgan fingerprint density at radius 1 is 1.53 bits per heavy atom. The highest BCUT2D eigenvalue weighted by Gasteiger charge is 2.31. The van der Waals surface area contributed by atoms with Crippen molar-refractivity contribution in [2.45, 2.75) is 32.4 Å². The minimum atomic E-state index is -1.02. The van der Waals surface area contributed by atoms with Gasteiger partial charge in [-0.2, -0.15) is 0 Å². The number of hydrogen-bond donors (Lipinski definition) is 1. The normalized spacial score (nSPS) is 23.7. The van der Waals surface area contributed by atoms with Crippen molar-refractivity contribution in [1.82, 2.24) is 4.90 Å². The Labute approximate surface area is 90.3 Å². The molecule has 2 unspecified atom stereocenters. The largest absolute Gasteiger partial charge is 0.481 e. The van der Waals surface area contributed by atoms with Crippen LogP contribution in [0, 0.1) is 11.8 Å². The molecular weight excluding hydrogens is 197 g/mol. The molecular formula is C11H20FNO2. The second kappa shape index (κ2) is 5.45. The standard InChI is InChI=1S/C11H20FNO2/c1-8(12)10(7-11(14)15)9-3-5-13(2)6-4-9/h8-10H,3-7H2,1-2H3,(H,14,15). The second-order valence-electron chi connectivity index (χ2n) is 4.58. The van der Waals surface area contributed by atoms with Gasteiger partial charge in [-0.1, -0.05) is 0 Å². The number of carbonyl (C=O) groups is 1. The molecule has 0 saturated carbocycles. The summed E-state index contributed by atoms with van der Waals surface area (Å²) in [4.78, 5) is 12.8. The van der Waals surface area contributed by atoms with Crippen molar-refractivity contribution >= 4 is 5.97 Å². The van der Waals surface area contributed by atoms with Crippen LogP contribution >= 0.6 is 0 Å². The molecule has 0 spiro atoms. The molecule has 1 fully saturated rings. The van der Waals surface area contributed by atoms with Gasteiger partial charge in [0.05, 0.1) is 6.42 Å². The minimum absolute atomic E-state index is 0.0357. The Kier molecular flexibility index (Phi) is 4.51. The third-order valence-corrected chi connectivity index (χ3v) is 3.37. The average molecular weight is 217 g/mol. The van der Waals surface area contributed by atoms with E-state index in [9.17, 15) is 9.18 Å². The molecule has 0 amide bonds.